The van der Waals surface area contributed by atoms with Gasteiger partial charge in [-0.15, -0.1) is 10.2 Å². The second kappa shape index (κ2) is 7.77. The maximum absolute atomic E-state index is 11.4. The molecule has 24 heavy (non-hydrogen) atoms. The second-order valence-electron chi connectivity index (χ2n) is 6.44. The fourth-order valence-corrected chi connectivity index (χ4v) is 2.08. The van der Waals surface area contributed by atoms with Crippen LogP contribution >= 0.6 is 0 Å². The van der Waals surface area contributed by atoms with E-state index in [9.17, 15) is 4.79 Å². The molecule has 6 nitrogen and oxygen atoms in total. The Balaban J connectivity index is 1.82. The van der Waals surface area contributed by atoms with E-state index in [1.165, 1.54) is 5.56 Å². The molecule has 0 fully saturated rings. The Morgan fingerprint density at radius 3 is 2.58 bits per heavy atom. The van der Waals surface area contributed by atoms with Crippen molar-refractivity contribution in [3.63, 3.8) is 0 Å². The molecule has 0 bridgehead atoms. The lowest BCUT2D eigenvalue weighted by atomic mass is 9.87. The molecule has 1 heterocycles. The van der Waals surface area contributed by atoms with Crippen molar-refractivity contribution in [2.24, 2.45) is 0 Å². The molecule has 0 saturated carbocycles. The maximum Gasteiger partial charge on any atom is 0.271 e. The van der Waals surface area contributed by atoms with E-state index in [0.717, 1.165) is 5.75 Å². The van der Waals surface area contributed by atoms with E-state index >= 15 is 0 Å². The SMILES string of the molecule is CNC(=O)c1ccc(NCCOc2cccc(C(C)(C)C)c2)nn1. The van der Waals surface area contributed by atoms with E-state index in [1.807, 2.05) is 12.1 Å². The number of anilines is 1. The number of aromatic nitrogens is 2. The van der Waals surface area contributed by atoms with Crippen molar-refractivity contribution in [1.29, 1.82) is 0 Å². The fourth-order valence-electron chi connectivity index (χ4n) is 2.08. The van der Waals surface area contributed by atoms with Gasteiger partial charge in [0.1, 0.15) is 18.2 Å². The molecular formula is C18H24N4O2. The monoisotopic (exact) mass is 328 g/mol. The molecule has 2 aromatic rings. The highest BCUT2D eigenvalue weighted by Gasteiger charge is 2.13. The molecular weight excluding hydrogens is 304 g/mol. The average molecular weight is 328 g/mol. The number of hydrogen-bond acceptors (Lipinski definition) is 5. The van der Waals surface area contributed by atoms with Crippen molar-refractivity contribution in [1.82, 2.24) is 15.5 Å². The Morgan fingerprint density at radius 2 is 1.96 bits per heavy atom. The summed E-state index contributed by atoms with van der Waals surface area (Å²) in [5, 5.41) is 13.4. The number of nitrogens with one attached hydrogen (secondary N) is 2. The predicted octanol–water partition coefficient (Wildman–Crippen LogP) is 2.62. The van der Waals surface area contributed by atoms with Gasteiger partial charge >= 0.3 is 0 Å². The lowest BCUT2D eigenvalue weighted by molar-refractivity contribution is 0.0957. The third-order valence-electron chi connectivity index (χ3n) is 3.50. The summed E-state index contributed by atoms with van der Waals surface area (Å²) in [6.07, 6.45) is 0. The summed E-state index contributed by atoms with van der Waals surface area (Å²) in [5.74, 6) is 1.20. The minimum atomic E-state index is -0.254. The molecule has 1 amide bonds. The first kappa shape index (κ1) is 17.7. The van der Waals surface area contributed by atoms with Crippen molar-refractivity contribution in [3.05, 3.63) is 47.7 Å². The molecule has 0 aliphatic heterocycles. The molecule has 2 rings (SSSR count). The van der Waals surface area contributed by atoms with Crippen LogP contribution in [0.2, 0.25) is 0 Å². The molecule has 0 spiro atoms. The smallest absolute Gasteiger partial charge is 0.271 e. The summed E-state index contributed by atoms with van der Waals surface area (Å²) in [7, 11) is 1.56. The van der Waals surface area contributed by atoms with Gasteiger partial charge in [0.05, 0.1) is 6.54 Å². The van der Waals surface area contributed by atoms with Gasteiger partial charge in [-0.3, -0.25) is 4.79 Å². The molecule has 0 radical (unpaired) electrons. The lowest BCUT2D eigenvalue weighted by Gasteiger charge is -2.19. The van der Waals surface area contributed by atoms with Crippen molar-refractivity contribution in [2.45, 2.75) is 26.2 Å². The van der Waals surface area contributed by atoms with Crippen LogP contribution < -0.4 is 15.4 Å². The number of nitrogens with zero attached hydrogens (tertiary/aromatic N) is 2. The molecule has 6 heteroatoms. The van der Waals surface area contributed by atoms with E-state index in [-0.39, 0.29) is 11.3 Å². The lowest BCUT2D eigenvalue weighted by Crippen LogP contribution is -2.20. The van der Waals surface area contributed by atoms with Crippen LogP contribution in [0.3, 0.4) is 0 Å². The van der Waals surface area contributed by atoms with Crippen molar-refractivity contribution in [3.8, 4) is 5.75 Å². The summed E-state index contributed by atoms with van der Waals surface area (Å²) in [6, 6.07) is 11.5. The van der Waals surface area contributed by atoms with Gasteiger partial charge in [-0.1, -0.05) is 32.9 Å². The Kier molecular flexibility index (Phi) is 5.73. The van der Waals surface area contributed by atoms with E-state index in [0.29, 0.717) is 24.7 Å². The molecule has 0 aliphatic rings. The molecule has 0 unspecified atom stereocenters. The van der Waals surface area contributed by atoms with Crippen LogP contribution in [0.4, 0.5) is 5.82 Å². The van der Waals surface area contributed by atoms with E-state index in [4.69, 9.17) is 4.74 Å². The second-order valence-corrected chi connectivity index (χ2v) is 6.44. The number of benzene rings is 1. The average Bonchev–Trinajstić information content (AvgIpc) is 2.58. The molecule has 1 aromatic heterocycles. The first-order chi connectivity index (χ1) is 11.4. The zero-order valence-electron chi connectivity index (χ0n) is 14.6. The van der Waals surface area contributed by atoms with Gasteiger partial charge in [-0.25, -0.2) is 0 Å². The minimum Gasteiger partial charge on any atom is -0.492 e. The topological polar surface area (TPSA) is 76.1 Å². The zero-order chi connectivity index (χ0) is 17.6. The van der Waals surface area contributed by atoms with Crippen LogP contribution in [0.25, 0.3) is 0 Å². The zero-order valence-corrected chi connectivity index (χ0v) is 14.6. The van der Waals surface area contributed by atoms with Gasteiger partial charge in [-0.2, -0.15) is 0 Å². The van der Waals surface area contributed by atoms with Crippen molar-refractivity contribution < 1.29 is 9.53 Å². The standard InChI is InChI=1S/C18H24N4O2/c1-18(2,3)13-6-5-7-14(12-13)24-11-10-20-16-9-8-15(21-22-16)17(23)19-4/h5-9,12H,10-11H2,1-4H3,(H,19,23)(H,20,22). The molecule has 0 saturated heterocycles. The highest BCUT2D eigenvalue weighted by atomic mass is 16.5. The Bertz CT molecular complexity index is 678. The molecule has 1 aromatic carbocycles. The van der Waals surface area contributed by atoms with E-state index < -0.39 is 0 Å². The predicted molar refractivity (Wildman–Crippen MR) is 94.5 cm³/mol. The van der Waals surface area contributed by atoms with Crippen LogP contribution in [0.15, 0.2) is 36.4 Å². The summed E-state index contributed by atoms with van der Waals surface area (Å²) in [5.41, 5.74) is 1.63. The minimum absolute atomic E-state index is 0.0970. The Hall–Kier alpha value is -2.63. The number of hydrogen-bond donors (Lipinski definition) is 2. The third kappa shape index (κ3) is 4.94. The van der Waals surface area contributed by atoms with Crippen LogP contribution in [0, 0.1) is 0 Å². The molecule has 0 aliphatic carbocycles. The first-order valence-corrected chi connectivity index (χ1v) is 7.93. The summed E-state index contributed by atoms with van der Waals surface area (Å²) in [4.78, 5) is 11.4. The van der Waals surface area contributed by atoms with Gasteiger partial charge in [0.25, 0.3) is 5.91 Å². The van der Waals surface area contributed by atoms with Crippen LogP contribution in [0.5, 0.6) is 5.75 Å². The number of amides is 1. The summed E-state index contributed by atoms with van der Waals surface area (Å²) < 4.78 is 5.77. The Morgan fingerprint density at radius 1 is 1.17 bits per heavy atom. The third-order valence-corrected chi connectivity index (χ3v) is 3.50. The van der Waals surface area contributed by atoms with Crippen LogP contribution in [0.1, 0.15) is 36.8 Å². The van der Waals surface area contributed by atoms with Gasteiger partial charge < -0.3 is 15.4 Å². The summed E-state index contributed by atoms with van der Waals surface area (Å²) >= 11 is 0. The number of ether oxygens (including phenoxy) is 1. The van der Waals surface area contributed by atoms with Crippen molar-refractivity contribution in [2.75, 3.05) is 25.5 Å². The van der Waals surface area contributed by atoms with Crippen LogP contribution in [-0.2, 0) is 5.41 Å². The Labute approximate surface area is 142 Å². The highest BCUT2D eigenvalue weighted by Crippen LogP contribution is 2.25. The largest absolute Gasteiger partial charge is 0.492 e. The summed E-state index contributed by atoms with van der Waals surface area (Å²) in [6.45, 7) is 7.62. The van der Waals surface area contributed by atoms with Gasteiger partial charge in [0.2, 0.25) is 0 Å². The molecule has 0 atom stereocenters. The van der Waals surface area contributed by atoms with E-state index in [1.54, 1.807) is 19.2 Å². The van der Waals surface area contributed by atoms with Crippen molar-refractivity contribution >= 4 is 11.7 Å². The number of carbonyl (C=O) groups is 1. The number of rotatable bonds is 6. The maximum atomic E-state index is 11.4. The molecule has 2 N–H and O–H groups in total. The molecule has 128 valence electrons. The number of carbonyl (C=O) groups excluding carboxylic acids is 1. The fraction of sp³-hybridized carbons (Fsp3) is 0.389. The van der Waals surface area contributed by atoms with Gasteiger partial charge in [-0.05, 0) is 35.2 Å². The van der Waals surface area contributed by atoms with Gasteiger partial charge in [0.15, 0.2) is 5.69 Å². The normalized spacial score (nSPS) is 11.0. The first-order valence-electron chi connectivity index (χ1n) is 7.93. The quantitative estimate of drug-likeness (QED) is 0.797. The van der Waals surface area contributed by atoms with E-state index in [2.05, 4.69) is 53.7 Å². The highest BCUT2D eigenvalue weighted by molar-refractivity contribution is 5.91. The van der Waals surface area contributed by atoms with Crippen LogP contribution in [-0.4, -0.2) is 36.3 Å². The van der Waals surface area contributed by atoms with Gasteiger partial charge in [0, 0.05) is 7.05 Å².